The molecule has 2 aromatic rings. The summed E-state index contributed by atoms with van der Waals surface area (Å²) in [4.78, 5) is 27.1. The lowest BCUT2D eigenvalue weighted by Gasteiger charge is -2.34. The number of thiophene rings is 1. The minimum atomic E-state index is -3.75. The highest BCUT2D eigenvalue weighted by Crippen LogP contribution is 2.35. The molecule has 1 aromatic heterocycles. The lowest BCUT2D eigenvalue weighted by Crippen LogP contribution is -2.50. The Morgan fingerprint density at radius 1 is 1.27 bits per heavy atom. The lowest BCUT2D eigenvalue weighted by atomic mass is 10.1. The fourth-order valence-electron chi connectivity index (χ4n) is 3.61. The van der Waals surface area contributed by atoms with E-state index in [2.05, 4.69) is 5.32 Å². The van der Waals surface area contributed by atoms with E-state index >= 15 is 0 Å². The van der Waals surface area contributed by atoms with E-state index < -0.39 is 16.1 Å². The molecule has 4 rings (SSSR count). The highest BCUT2D eigenvalue weighted by atomic mass is 32.2. The van der Waals surface area contributed by atoms with Gasteiger partial charge in [-0.25, -0.2) is 8.42 Å². The van der Waals surface area contributed by atoms with Crippen LogP contribution >= 0.6 is 11.3 Å². The van der Waals surface area contributed by atoms with E-state index in [0.717, 1.165) is 4.88 Å². The van der Waals surface area contributed by atoms with Crippen molar-refractivity contribution < 1.29 is 22.7 Å². The highest BCUT2D eigenvalue weighted by molar-refractivity contribution is 7.89. The second kappa shape index (κ2) is 8.01. The Kier molecular flexibility index (Phi) is 5.56. The zero-order chi connectivity index (χ0) is 21.5. The molecule has 0 bridgehead atoms. The summed E-state index contributed by atoms with van der Waals surface area (Å²) in [5.41, 5.74) is 1.00. The normalized spacial score (nSPS) is 19.7. The van der Waals surface area contributed by atoms with Crippen molar-refractivity contribution >= 4 is 38.9 Å². The number of aryl methyl sites for hydroxylation is 1. The molecule has 8 nitrogen and oxygen atoms in total. The van der Waals surface area contributed by atoms with Crippen LogP contribution < -0.4 is 10.1 Å². The minimum absolute atomic E-state index is 0.0117. The summed E-state index contributed by atoms with van der Waals surface area (Å²) in [5, 5.41) is 4.66. The van der Waals surface area contributed by atoms with E-state index in [-0.39, 0.29) is 29.8 Å². The molecule has 160 valence electrons. The second-order valence-electron chi connectivity index (χ2n) is 7.40. The molecule has 1 aromatic carbocycles. The first-order valence-electron chi connectivity index (χ1n) is 9.68. The molecule has 2 aliphatic rings. The van der Waals surface area contributed by atoms with Gasteiger partial charge in [-0.3, -0.25) is 9.59 Å². The number of nitrogens with one attached hydrogen (secondary N) is 1. The zero-order valence-corrected chi connectivity index (χ0v) is 18.4. The second-order valence-corrected chi connectivity index (χ2v) is 10.3. The van der Waals surface area contributed by atoms with Gasteiger partial charge < -0.3 is 15.0 Å². The van der Waals surface area contributed by atoms with Gasteiger partial charge in [0.25, 0.3) is 5.91 Å². The monoisotopic (exact) mass is 449 g/mol. The zero-order valence-electron chi connectivity index (χ0n) is 16.8. The molecule has 0 saturated carbocycles. The van der Waals surface area contributed by atoms with Gasteiger partial charge in [-0.15, -0.1) is 11.3 Å². The SMILES string of the molecule is Cc1cc2c(cc1S(=O)(=O)N1CCN(C(=O)Cc3cccs3)CC1)OC(C)C(=O)N2. The van der Waals surface area contributed by atoms with Gasteiger partial charge in [0.15, 0.2) is 6.10 Å². The molecule has 30 heavy (non-hydrogen) atoms. The van der Waals surface area contributed by atoms with E-state index in [1.165, 1.54) is 21.7 Å². The van der Waals surface area contributed by atoms with Crippen LogP contribution in [0.15, 0.2) is 34.5 Å². The molecule has 1 N–H and O–H groups in total. The molecule has 1 saturated heterocycles. The summed E-state index contributed by atoms with van der Waals surface area (Å²) < 4.78 is 33.5. The van der Waals surface area contributed by atoms with E-state index in [4.69, 9.17) is 4.74 Å². The quantitative estimate of drug-likeness (QED) is 0.769. The number of fused-ring (bicyclic) bond motifs is 1. The van der Waals surface area contributed by atoms with Gasteiger partial charge in [-0.2, -0.15) is 4.31 Å². The first kappa shape index (κ1) is 20.8. The van der Waals surface area contributed by atoms with Crippen LogP contribution in [0.3, 0.4) is 0 Å². The first-order chi connectivity index (χ1) is 14.3. The number of ether oxygens (including phenoxy) is 1. The molecule has 1 fully saturated rings. The van der Waals surface area contributed by atoms with Gasteiger partial charge in [0.1, 0.15) is 5.75 Å². The Morgan fingerprint density at radius 2 is 2.00 bits per heavy atom. The first-order valence-corrected chi connectivity index (χ1v) is 12.0. The van der Waals surface area contributed by atoms with Crippen LogP contribution in [-0.2, 0) is 26.0 Å². The fraction of sp³-hybridized carbons (Fsp3) is 0.400. The Labute approximate surface area is 179 Å². The van der Waals surface area contributed by atoms with Crippen LogP contribution in [0.2, 0.25) is 0 Å². The van der Waals surface area contributed by atoms with Gasteiger partial charge in [0, 0.05) is 37.1 Å². The van der Waals surface area contributed by atoms with E-state index in [1.807, 2.05) is 17.5 Å². The molecule has 1 unspecified atom stereocenters. The average Bonchev–Trinajstić information content (AvgIpc) is 3.22. The molecular formula is C20H23N3O5S2. The van der Waals surface area contributed by atoms with Crippen molar-refractivity contribution in [1.82, 2.24) is 9.21 Å². The van der Waals surface area contributed by atoms with Gasteiger partial charge >= 0.3 is 0 Å². The number of piperazine rings is 1. The molecule has 2 amide bonds. The van der Waals surface area contributed by atoms with Gasteiger partial charge in [-0.1, -0.05) is 6.07 Å². The third-order valence-electron chi connectivity index (χ3n) is 5.32. The van der Waals surface area contributed by atoms with Crippen molar-refractivity contribution in [3.63, 3.8) is 0 Å². The maximum absolute atomic E-state index is 13.3. The average molecular weight is 450 g/mol. The van der Waals surface area contributed by atoms with Crippen LogP contribution in [0.5, 0.6) is 5.75 Å². The number of rotatable bonds is 4. The number of amides is 2. The Morgan fingerprint density at radius 3 is 2.67 bits per heavy atom. The van der Waals surface area contributed by atoms with Crippen molar-refractivity contribution in [2.24, 2.45) is 0 Å². The van der Waals surface area contributed by atoms with Crippen molar-refractivity contribution in [1.29, 1.82) is 0 Å². The number of hydrogen-bond donors (Lipinski definition) is 1. The molecule has 0 spiro atoms. The molecule has 0 aliphatic carbocycles. The predicted molar refractivity (Wildman–Crippen MR) is 113 cm³/mol. The third kappa shape index (κ3) is 3.94. The third-order valence-corrected chi connectivity index (χ3v) is 8.24. The van der Waals surface area contributed by atoms with Crippen LogP contribution in [0.4, 0.5) is 5.69 Å². The molecule has 2 aliphatic heterocycles. The van der Waals surface area contributed by atoms with E-state index in [1.54, 1.807) is 24.8 Å². The van der Waals surface area contributed by atoms with Gasteiger partial charge in [-0.05, 0) is 36.9 Å². The Balaban J connectivity index is 1.48. The van der Waals surface area contributed by atoms with Crippen LogP contribution in [0.25, 0.3) is 0 Å². The van der Waals surface area contributed by atoms with Crippen LogP contribution in [-0.4, -0.2) is 61.7 Å². The summed E-state index contributed by atoms with van der Waals surface area (Å²) in [6.45, 7) is 4.50. The number of sulfonamides is 1. The molecule has 10 heteroatoms. The number of nitrogens with zero attached hydrogens (tertiary/aromatic N) is 2. The number of hydrogen-bond acceptors (Lipinski definition) is 6. The topological polar surface area (TPSA) is 96.0 Å². The van der Waals surface area contributed by atoms with Gasteiger partial charge in [0.05, 0.1) is 17.0 Å². The Bertz CT molecular complexity index is 1070. The summed E-state index contributed by atoms with van der Waals surface area (Å²) in [5.74, 6) is 0.0921. The summed E-state index contributed by atoms with van der Waals surface area (Å²) in [7, 11) is -3.75. The summed E-state index contributed by atoms with van der Waals surface area (Å²) in [6, 6.07) is 6.93. The van der Waals surface area contributed by atoms with Crippen LogP contribution in [0, 0.1) is 6.92 Å². The summed E-state index contributed by atoms with van der Waals surface area (Å²) in [6.07, 6.45) is -0.344. The van der Waals surface area contributed by atoms with Crippen molar-refractivity contribution in [3.8, 4) is 5.75 Å². The standard InChI is InChI=1S/C20H23N3O5S2/c1-13-10-16-17(28-14(2)20(25)21-16)12-18(13)30(26,27)23-7-5-22(6-8-23)19(24)11-15-4-3-9-29-15/h3-4,9-10,12,14H,5-8,11H2,1-2H3,(H,21,25). The lowest BCUT2D eigenvalue weighted by molar-refractivity contribution is -0.131. The van der Waals surface area contributed by atoms with Crippen molar-refractivity contribution in [2.75, 3.05) is 31.5 Å². The highest BCUT2D eigenvalue weighted by Gasteiger charge is 2.33. The largest absolute Gasteiger partial charge is 0.479 e. The Hall–Kier alpha value is -2.43. The summed E-state index contributed by atoms with van der Waals surface area (Å²) >= 11 is 1.54. The predicted octanol–water partition coefficient (Wildman–Crippen LogP) is 1.85. The minimum Gasteiger partial charge on any atom is -0.479 e. The van der Waals surface area contributed by atoms with Crippen molar-refractivity contribution in [2.45, 2.75) is 31.3 Å². The maximum Gasteiger partial charge on any atom is 0.265 e. The molecular weight excluding hydrogens is 426 g/mol. The smallest absolute Gasteiger partial charge is 0.265 e. The number of carbonyl (C=O) groups is 2. The van der Waals surface area contributed by atoms with Crippen LogP contribution in [0.1, 0.15) is 17.4 Å². The molecule has 0 radical (unpaired) electrons. The van der Waals surface area contributed by atoms with Crippen molar-refractivity contribution in [3.05, 3.63) is 40.1 Å². The van der Waals surface area contributed by atoms with E-state index in [9.17, 15) is 18.0 Å². The molecule has 3 heterocycles. The number of benzene rings is 1. The number of anilines is 1. The maximum atomic E-state index is 13.3. The fourth-order valence-corrected chi connectivity index (χ4v) is 5.95. The number of carbonyl (C=O) groups excluding carboxylic acids is 2. The van der Waals surface area contributed by atoms with E-state index in [0.29, 0.717) is 36.5 Å². The van der Waals surface area contributed by atoms with Gasteiger partial charge in [0.2, 0.25) is 15.9 Å². The molecule has 1 atom stereocenters.